The molecule has 0 aliphatic rings. The average molecular weight is 208 g/mol. The Bertz CT molecular complexity index is 361. The number of carbonyl (C=O) groups is 1. The predicted molar refractivity (Wildman–Crippen MR) is 59.2 cm³/mol. The van der Waals surface area contributed by atoms with Crippen molar-refractivity contribution < 1.29 is 9.90 Å². The van der Waals surface area contributed by atoms with Crippen LogP contribution in [0.2, 0.25) is 0 Å². The first-order valence-corrected chi connectivity index (χ1v) is 4.92. The molecule has 82 valence electrons. The molecular weight excluding hydrogens is 192 g/mol. The van der Waals surface area contributed by atoms with Gasteiger partial charge in [0, 0.05) is 17.4 Å². The number of hydrogen-bond donors (Lipinski definition) is 2. The summed E-state index contributed by atoms with van der Waals surface area (Å²) in [5.74, 6) is -1.01. The van der Waals surface area contributed by atoms with Crippen molar-refractivity contribution in [3.8, 4) is 0 Å². The third-order valence-electron chi connectivity index (χ3n) is 2.35. The summed E-state index contributed by atoms with van der Waals surface area (Å²) in [5.41, 5.74) is 0.804. The fraction of sp³-hybridized carbons (Fsp3) is 0.455. The van der Waals surface area contributed by atoms with Gasteiger partial charge in [0.2, 0.25) is 0 Å². The molecule has 0 atom stereocenters. The SMILES string of the molecule is CCC(C)(C)Nc1ccnc(C(=O)O)c1. The molecule has 0 aliphatic carbocycles. The minimum absolute atomic E-state index is 0.0445. The van der Waals surface area contributed by atoms with Crippen LogP contribution in [-0.4, -0.2) is 21.6 Å². The van der Waals surface area contributed by atoms with Crippen LogP contribution in [0.4, 0.5) is 5.69 Å². The fourth-order valence-corrected chi connectivity index (χ4v) is 1.10. The van der Waals surface area contributed by atoms with Crippen molar-refractivity contribution in [1.29, 1.82) is 0 Å². The van der Waals surface area contributed by atoms with Gasteiger partial charge >= 0.3 is 5.97 Å². The topological polar surface area (TPSA) is 62.2 Å². The highest BCUT2D eigenvalue weighted by Crippen LogP contribution is 2.17. The van der Waals surface area contributed by atoms with Gasteiger partial charge in [-0.3, -0.25) is 0 Å². The third kappa shape index (κ3) is 3.23. The number of carboxylic acid groups (broad SMARTS) is 1. The van der Waals surface area contributed by atoms with Crippen molar-refractivity contribution in [3.63, 3.8) is 0 Å². The average Bonchev–Trinajstić information content (AvgIpc) is 2.17. The van der Waals surface area contributed by atoms with Gasteiger partial charge in [0.15, 0.2) is 0 Å². The predicted octanol–water partition coefficient (Wildman–Crippen LogP) is 2.38. The van der Waals surface area contributed by atoms with Gasteiger partial charge in [-0.2, -0.15) is 0 Å². The van der Waals surface area contributed by atoms with E-state index in [0.29, 0.717) is 0 Å². The Kier molecular flexibility index (Phi) is 3.29. The van der Waals surface area contributed by atoms with Crippen molar-refractivity contribution in [2.24, 2.45) is 0 Å². The number of hydrogen-bond acceptors (Lipinski definition) is 3. The molecule has 0 saturated heterocycles. The van der Waals surface area contributed by atoms with Gasteiger partial charge < -0.3 is 10.4 Å². The Hall–Kier alpha value is -1.58. The Balaban J connectivity index is 2.87. The molecule has 0 aromatic carbocycles. The van der Waals surface area contributed by atoms with Gasteiger partial charge in [0.05, 0.1) is 0 Å². The molecule has 0 radical (unpaired) electrons. The van der Waals surface area contributed by atoms with Crippen molar-refractivity contribution in [3.05, 3.63) is 24.0 Å². The lowest BCUT2D eigenvalue weighted by atomic mass is 10.0. The Morgan fingerprint density at radius 1 is 1.60 bits per heavy atom. The van der Waals surface area contributed by atoms with Crippen LogP contribution in [0.3, 0.4) is 0 Å². The molecule has 1 aromatic rings. The van der Waals surface area contributed by atoms with E-state index in [1.165, 1.54) is 6.20 Å². The smallest absolute Gasteiger partial charge is 0.354 e. The molecule has 4 nitrogen and oxygen atoms in total. The van der Waals surface area contributed by atoms with Gasteiger partial charge in [0.25, 0.3) is 0 Å². The standard InChI is InChI=1S/C11H16N2O2/c1-4-11(2,3)13-8-5-6-12-9(7-8)10(14)15/h5-7H,4H2,1-3H3,(H,12,13)(H,14,15). The lowest BCUT2D eigenvalue weighted by Crippen LogP contribution is -2.29. The summed E-state index contributed by atoms with van der Waals surface area (Å²) < 4.78 is 0. The highest BCUT2D eigenvalue weighted by Gasteiger charge is 2.15. The van der Waals surface area contributed by atoms with Crippen LogP contribution in [0.5, 0.6) is 0 Å². The van der Waals surface area contributed by atoms with E-state index >= 15 is 0 Å². The number of aromatic nitrogens is 1. The molecule has 1 aromatic heterocycles. The van der Waals surface area contributed by atoms with Crippen molar-refractivity contribution in [2.45, 2.75) is 32.7 Å². The maximum absolute atomic E-state index is 10.7. The van der Waals surface area contributed by atoms with Crippen molar-refractivity contribution in [2.75, 3.05) is 5.32 Å². The minimum Gasteiger partial charge on any atom is -0.477 e. The van der Waals surface area contributed by atoms with Crippen LogP contribution in [0, 0.1) is 0 Å². The molecule has 0 spiro atoms. The maximum atomic E-state index is 10.7. The van der Waals surface area contributed by atoms with Crippen LogP contribution >= 0.6 is 0 Å². The van der Waals surface area contributed by atoms with Crippen LogP contribution in [0.25, 0.3) is 0 Å². The van der Waals surface area contributed by atoms with Crippen LogP contribution < -0.4 is 5.32 Å². The van der Waals surface area contributed by atoms with Crippen LogP contribution in [0.15, 0.2) is 18.3 Å². The van der Waals surface area contributed by atoms with Gasteiger partial charge in [-0.25, -0.2) is 9.78 Å². The summed E-state index contributed by atoms with van der Waals surface area (Å²) in [4.78, 5) is 14.5. The molecule has 4 heteroatoms. The maximum Gasteiger partial charge on any atom is 0.354 e. The van der Waals surface area contributed by atoms with E-state index in [1.54, 1.807) is 12.1 Å². The molecule has 0 amide bonds. The quantitative estimate of drug-likeness (QED) is 0.797. The van der Waals surface area contributed by atoms with E-state index in [2.05, 4.69) is 31.1 Å². The summed E-state index contributed by atoms with van der Waals surface area (Å²) >= 11 is 0. The molecule has 0 saturated carbocycles. The largest absolute Gasteiger partial charge is 0.477 e. The van der Waals surface area contributed by atoms with E-state index in [1.807, 2.05) is 0 Å². The highest BCUT2D eigenvalue weighted by atomic mass is 16.4. The van der Waals surface area contributed by atoms with Crippen molar-refractivity contribution >= 4 is 11.7 Å². The normalized spacial score (nSPS) is 11.1. The second-order valence-electron chi connectivity index (χ2n) is 4.10. The third-order valence-corrected chi connectivity index (χ3v) is 2.35. The number of pyridine rings is 1. The number of carboxylic acids is 1. The molecule has 1 rings (SSSR count). The lowest BCUT2D eigenvalue weighted by molar-refractivity contribution is 0.0690. The Morgan fingerprint density at radius 2 is 2.27 bits per heavy atom. The molecule has 0 bridgehead atoms. The van der Waals surface area contributed by atoms with E-state index in [-0.39, 0.29) is 11.2 Å². The zero-order valence-corrected chi connectivity index (χ0v) is 9.24. The van der Waals surface area contributed by atoms with E-state index in [0.717, 1.165) is 12.1 Å². The summed E-state index contributed by atoms with van der Waals surface area (Å²) in [7, 11) is 0. The first-order chi connectivity index (χ1) is 6.94. The van der Waals surface area contributed by atoms with Gasteiger partial charge in [-0.05, 0) is 32.4 Å². The zero-order valence-electron chi connectivity index (χ0n) is 9.24. The number of nitrogens with zero attached hydrogens (tertiary/aromatic N) is 1. The van der Waals surface area contributed by atoms with E-state index in [9.17, 15) is 4.79 Å². The molecule has 0 unspecified atom stereocenters. The van der Waals surface area contributed by atoms with Crippen LogP contribution in [-0.2, 0) is 0 Å². The van der Waals surface area contributed by atoms with E-state index in [4.69, 9.17) is 5.11 Å². The number of anilines is 1. The molecule has 0 fully saturated rings. The summed E-state index contributed by atoms with van der Waals surface area (Å²) in [5, 5.41) is 12.0. The first kappa shape index (κ1) is 11.5. The minimum atomic E-state index is -1.01. The Morgan fingerprint density at radius 3 is 2.80 bits per heavy atom. The van der Waals surface area contributed by atoms with Crippen molar-refractivity contribution in [1.82, 2.24) is 4.98 Å². The number of nitrogens with one attached hydrogen (secondary N) is 1. The van der Waals surface area contributed by atoms with Gasteiger partial charge in [0.1, 0.15) is 5.69 Å². The van der Waals surface area contributed by atoms with Gasteiger partial charge in [-0.1, -0.05) is 6.92 Å². The van der Waals surface area contributed by atoms with E-state index < -0.39 is 5.97 Å². The molecule has 15 heavy (non-hydrogen) atoms. The lowest BCUT2D eigenvalue weighted by Gasteiger charge is -2.25. The van der Waals surface area contributed by atoms with Crippen LogP contribution in [0.1, 0.15) is 37.7 Å². The summed E-state index contributed by atoms with van der Waals surface area (Å²) in [6.07, 6.45) is 2.45. The molecular formula is C11H16N2O2. The second-order valence-corrected chi connectivity index (χ2v) is 4.10. The first-order valence-electron chi connectivity index (χ1n) is 4.92. The molecule has 2 N–H and O–H groups in total. The highest BCUT2D eigenvalue weighted by molar-refractivity contribution is 5.86. The number of rotatable bonds is 4. The summed E-state index contributed by atoms with van der Waals surface area (Å²) in [6, 6.07) is 3.31. The molecule has 1 heterocycles. The fourth-order valence-electron chi connectivity index (χ4n) is 1.10. The van der Waals surface area contributed by atoms with Gasteiger partial charge in [-0.15, -0.1) is 0 Å². The zero-order chi connectivity index (χ0) is 11.5. The Labute approximate surface area is 89.3 Å². The monoisotopic (exact) mass is 208 g/mol. The number of aromatic carboxylic acids is 1. The summed E-state index contributed by atoms with van der Waals surface area (Å²) in [6.45, 7) is 6.20. The molecule has 0 aliphatic heterocycles. The second kappa shape index (κ2) is 4.29.